The zero-order valence-electron chi connectivity index (χ0n) is 21.0. The van der Waals surface area contributed by atoms with E-state index in [1.807, 2.05) is 76.2 Å². The molecule has 0 fully saturated rings. The summed E-state index contributed by atoms with van der Waals surface area (Å²) in [4.78, 5) is 27.5. The number of aryl methyl sites for hydroxylation is 2. The molecule has 1 atom stereocenters. The van der Waals surface area contributed by atoms with Gasteiger partial charge in [0.25, 0.3) is 0 Å². The molecule has 186 valence electrons. The number of sulfonamides is 1. The summed E-state index contributed by atoms with van der Waals surface area (Å²) in [6.07, 6.45) is 1.64. The third kappa shape index (κ3) is 8.17. The second-order valence-electron chi connectivity index (χ2n) is 9.13. The Morgan fingerprint density at radius 1 is 0.971 bits per heavy atom. The van der Waals surface area contributed by atoms with Crippen molar-refractivity contribution in [3.8, 4) is 0 Å². The van der Waals surface area contributed by atoms with Crippen LogP contribution >= 0.6 is 0 Å². The summed E-state index contributed by atoms with van der Waals surface area (Å²) in [6.45, 7) is 9.80. The lowest BCUT2D eigenvalue weighted by Gasteiger charge is -2.30. The fourth-order valence-electron chi connectivity index (χ4n) is 3.87. The number of carbonyl (C=O) groups excluding carboxylic acids is 2. The van der Waals surface area contributed by atoms with Gasteiger partial charge >= 0.3 is 0 Å². The van der Waals surface area contributed by atoms with E-state index in [4.69, 9.17) is 0 Å². The Bertz CT molecular complexity index is 1060. The molecule has 0 saturated heterocycles. The van der Waals surface area contributed by atoms with Gasteiger partial charge in [0, 0.05) is 25.6 Å². The maximum Gasteiger partial charge on any atom is 0.242 e. The van der Waals surface area contributed by atoms with Crippen LogP contribution in [0.25, 0.3) is 0 Å². The predicted molar refractivity (Wildman–Crippen MR) is 137 cm³/mol. The molecule has 2 amide bonds. The first-order chi connectivity index (χ1) is 15.9. The molecule has 0 saturated carbocycles. The van der Waals surface area contributed by atoms with Crippen LogP contribution in [0.15, 0.2) is 48.5 Å². The summed E-state index contributed by atoms with van der Waals surface area (Å²) in [6, 6.07) is 14.5. The maximum atomic E-state index is 13.2. The van der Waals surface area contributed by atoms with E-state index in [0.717, 1.165) is 16.7 Å². The minimum Gasteiger partial charge on any atom is -0.352 e. The van der Waals surface area contributed by atoms with Crippen LogP contribution in [-0.4, -0.2) is 50.0 Å². The van der Waals surface area contributed by atoms with E-state index in [1.165, 1.54) is 10.6 Å². The van der Waals surface area contributed by atoms with Crippen molar-refractivity contribution < 1.29 is 18.0 Å². The van der Waals surface area contributed by atoms with E-state index < -0.39 is 16.1 Å². The number of benzene rings is 2. The summed E-state index contributed by atoms with van der Waals surface area (Å²) in [5, 5.41) is 2.87. The molecule has 1 N–H and O–H groups in total. The van der Waals surface area contributed by atoms with E-state index in [1.54, 1.807) is 11.8 Å². The summed E-state index contributed by atoms with van der Waals surface area (Å²) >= 11 is 0. The molecule has 0 spiro atoms. The molecular formula is C26H37N3O4S. The largest absolute Gasteiger partial charge is 0.352 e. The van der Waals surface area contributed by atoms with E-state index in [9.17, 15) is 18.0 Å². The van der Waals surface area contributed by atoms with Gasteiger partial charge in [-0.25, -0.2) is 8.42 Å². The first-order valence-electron chi connectivity index (χ1n) is 11.6. The van der Waals surface area contributed by atoms with Gasteiger partial charge < -0.3 is 10.2 Å². The average Bonchev–Trinajstić information content (AvgIpc) is 2.73. The highest BCUT2D eigenvalue weighted by molar-refractivity contribution is 7.92. The number of amides is 2. The molecule has 0 aliphatic rings. The van der Waals surface area contributed by atoms with Crippen molar-refractivity contribution in [2.75, 3.05) is 17.1 Å². The van der Waals surface area contributed by atoms with E-state index in [-0.39, 0.29) is 30.8 Å². The van der Waals surface area contributed by atoms with Gasteiger partial charge in [0.2, 0.25) is 21.8 Å². The fraction of sp³-hybridized carbons (Fsp3) is 0.462. The number of hydrogen-bond acceptors (Lipinski definition) is 4. The minimum absolute atomic E-state index is 0.0373. The highest BCUT2D eigenvalue weighted by atomic mass is 32.2. The van der Waals surface area contributed by atoms with Crippen molar-refractivity contribution in [2.24, 2.45) is 0 Å². The number of nitrogens with one attached hydrogen (secondary N) is 1. The van der Waals surface area contributed by atoms with Crippen LogP contribution in [0.5, 0.6) is 0 Å². The molecule has 7 nitrogen and oxygen atoms in total. The van der Waals surface area contributed by atoms with Crippen LogP contribution in [0.3, 0.4) is 0 Å². The normalized spacial score (nSPS) is 12.3. The molecular weight excluding hydrogens is 450 g/mol. The fourth-order valence-corrected chi connectivity index (χ4v) is 4.82. The Hall–Kier alpha value is -2.87. The molecule has 8 heteroatoms. The molecule has 0 aliphatic heterocycles. The Morgan fingerprint density at radius 3 is 2.09 bits per heavy atom. The molecule has 0 heterocycles. The zero-order chi connectivity index (χ0) is 25.5. The SMILES string of the molecule is Cc1cc(C)cc(N(CCCC(=O)N(Cc2ccccc2)C(C)C(=O)NC(C)C)S(C)(=O)=O)c1. The molecule has 0 radical (unpaired) electrons. The molecule has 2 rings (SSSR count). The number of carbonyl (C=O) groups is 2. The van der Waals surface area contributed by atoms with Gasteiger partial charge in [-0.1, -0.05) is 36.4 Å². The molecule has 0 bridgehead atoms. The molecule has 0 aliphatic carbocycles. The zero-order valence-corrected chi connectivity index (χ0v) is 21.9. The highest BCUT2D eigenvalue weighted by Gasteiger charge is 2.27. The minimum atomic E-state index is -3.52. The first-order valence-corrected chi connectivity index (χ1v) is 13.4. The van der Waals surface area contributed by atoms with Crippen molar-refractivity contribution in [1.29, 1.82) is 0 Å². The standard InChI is InChI=1S/C26H37N3O4S/c1-19(2)27-26(31)22(5)28(18-23-11-8-7-9-12-23)25(30)13-10-14-29(34(6,32)33)24-16-20(3)15-21(4)17-24/h7-9,11-12,15-17,19,22H,10,13-14,18H2,1-6H3,(H,27,31). The van der Waals surface area contributed by atoms with Crippen molar-refractivity contribution in [2.45, 2.75) is 66.1 Å². The van der Waals surface area contributed by atoms with Crippen LogP contribution < -0.4 is 9.62 Å². The van der Waals surface area contributed by atoms with Crippen molar-refractivity contribution in [3.05, 3.63) is 65.2 Å². The predicted octanol–water partition coefficient (Wildman–Crippen LogP) is 3.79. The van der Waals surface area contributed by atoms with Crippen LogP contribution in [0.1, 0.15) is 50.3 Å². The van der Waals surface area contributed by atoms with Crippen LogP contribution in [0.4, 0.5) is 5.69 Å². The quantitative estimate of drug-likeness (QED) is 0.522. The number of rotatable bonds is 11. The molecule has 2 aromatic rings. The van der Waals surface area contributed by atoms with Crippen LogP contribution in [0, 0.1) is 13.8 Å². The lowest BCUT2D eigenvalue weighted by molar-refractivity contribution is -0.140. The summed E-state index contributed by atoms with van der Waals surface area (Å²) in [5.41, 5.74) is 3.46. The second-order valence-corrected chi connectivity index (χ2v) is 11.0. The third-order valence-electron chi connectivity index (χ3n) is 5.44. The second kappa shape index (κ2) is 12.0. The van der Waals surface area contributed by atoms with Crippen molar-refractivity contribution >= 4 is 27.5 Å². The first kappa shape index (κ1) is 27.4. The Balaban J connectivity index is 2.17. The van der Waals surface area contributed by atoms with Crippen molar-refractivity contribution in [1.82, 2.24) is 10.2 Å². The van der Waals surface area contributed by atoms with Crippen LogP contribution in [-0.2, 0) is 26.2 Å². The Labute approximate surface area is 204 Å². The smallest absolute Gasteiger partial charge is 0.242 e. The van der Waals surface area contributed by atoms with Gasteiger partial charge in [0.1, 0.15) is 6.04 Å². The van der Waals surface area contributed by atoms with E-state index in [0.29, 0.717) is 18.7 Å². The van der Waals surface area contributed by atoms with Gasteiger partial charge in [-0.15, -0.1) is 0 Å². The maximum absolute atomic E-state index is 13.2. The summed E-state index contributed by atoms with van der Waals surface area (Å²) in [7, 11) is -3.52. The van der Waals surface area contributed by atoms with Gasteiger partial charge in [0.05, 0.1) is 11.9 Å². The average molecular weight is 488 g/mol. The lowest BCUT2D eigenvalue weighted by atomic mass is 10.1. The van der Waals surface area contributed by atoms with Gasteiger partial charge in [-0.05, 0) is 69.9 Å². The number of hydrogen-bond donors (Lipinski definition) is 1. The Kier molecular flexibility index (Phi) is 9.67. The molecule has 1 unspecified atom stereocenters. The summed E-state index contributed by atoms with van der Waals surface area (Å²) in [5.74, 6) is -0.406. The van der Waals surface area contributed by atoms with Crippen LogP contribution in [0.2, 0.25) is 0 Å². The third-order valence-corrected chi connectivity index (χ3v) is 6.63. The van der Waals surface area contributed by atoms with Gasteiger partial charge in [-0.3, -0.25) is 13.9 Å². The highest BCUT2D eigenvalue weighted by Crippen LogP contribution is 2.22. The monoisotopic (exact) mass is 487 g/mol. The lowest BCUT2D eigenvalue weighted by Crippen LogP contribution is -2.49. The van der Waals surface area contributed by atoms with Crippen molar-refractivity contribution in [3.63, 3.8) is 0 Å². The molecule has 2 aromatic carbocycles. The molecule has 34 heavy (non-hydrogen) atoms. The number of anilines is 1. The number of nitrogens with zero attached hydrogens (tertiary/aromatic N) is 2. The van der Waals surface area contributed by atoms with E-state index in [2.05, 4.69) is 5.32 Å². The Morgan fingerprint density at radius 2 is 1.56 bits per heavy atom. The van der Waals surface area contributed by atoms with E-state index >= 15 is 0 Å². The van der Waals surface area contributed by atoms with Gasteiger partial charge in [-0.2, -0.15) is 0 Å². The summed E-state index contributed by atoms with van der Waals surface area (Å²) < 4.78 is 26.3. The molecule has 0 aromatic heterocycles. The van der Waals surface area contributed by atoms with Gasteiger partial charge in [0.15, 0.2) is 0 Å². The topological polar surface area (TPSA) is 86.8 Å².